The topological polar surface area (TPSA) is 30.0 Å². The van der Waals surface area contributed by atoms with Gasteiger partial charge in [-0.05, 0) is 37.8 Å². The van der Waals surface area contributed by atoms with Crippen LogP contribution in [0.5, 0.6) is 0 Å². The molecule has 1 aromatic heterocycles. The number of pyridine rings is 1. The Bertz CT molecular complexity index is 439. The highest BCUT2D eigenvalue weighted by Crippen LogP contribution is 2.61. The van der Waals surface area contributed by atoms with Crippen molar-refractivity contribution in [3.05, 3.63) is 24.4 Å². The first-order chi connectivity index (χ1) is 9.82. The molecule has 2 aliphatic rings. The van der Waals surface area contributed by atoms with Gasteiger partial charge in [0, 0.05) is 17.5 Å². The number of nitrogens with zero attached hydrogens (tertiary/aromatic N) is 1. The second-order valence-corrected chi connectivity index (χ2v) is 9.82. The van der Waals surface area contributed by atoms with E-state index in [2.05, 4.69) is 4.98 Å². The summed E-state index contributed by atoms with van der Waals surface area (Å²) in [5, 5.41) is 0. The molecule has 0 amide bonds. The SMILES string of the molecule is O=P(c1ccccn1)(C1CCCCC1)C1CCCCC1. The number of aromatic nitrogens is 1. The lowest BCUT2D eigenvalue weighted by Gasteiger charge is -2.37. The first-order valence-electron chi connectivity index (χ1n) is 8.33. The van der Waals surface area contributed by atoms with Crippen molar-refractivity contribution < 1.29 is 4.57 Å². The van der Waals surface area contributed by atoms with Crippen molar-refractivity contribution in [1.29, 1.82) is 0 Å². The summed E-state index contributed by atoms with van der Waals surface area (Å²) in [6.45, 7) is 0. The zero-order valence-electron chi connectivity index (χ0n) is 12.3. The summed E-state index contributed by atoms with van der Waals surface area (Å²) in [7, 11) is -2.33. The van der Waals surface area contributed by atoms with Gasteiger partial charge in [0.15, 0.2) is 0 Å². The molecule has 0 saturated heterocycles. The summed E-state index contributed by atoms with van der Waals surface area (Å²) >= 11 is 0. The predicted octanol–water partition coefficient (Wildman–Crippen LogP) is 4.74. The molecule has 0 atom stereocenters. The van der Waals surface area contributed by atoms with Crippen LogP contribution in [-0.4, -0.2) is 16.3 Å². The Kier molecular flexibility index (Phi) is 4.61. The maximum atomic E-state index is 14.1. The van der Waals surface area contributed by atoms with Crippen molar-refractivity contribution in [2.75, 3.05) is 0 Å². The van der Waals surface area contributed by atoms with Crippen LogP contribution in [0.3, 0.4) is 0 Å². The molecular formula is C17H26NOP. The maximum absolute atomic E-state index is 14.1. The van der Waals surface area contributed by atoms with Crippen molar-refractivity contribution >= 4 is 12.6 Å². The second-order valence-electron chi connectivity index (χ2n) is 6.48. The largest absolute Gasteiger partial charge is 0.316 e. The zero-order chi connectivity index (χ0) is 13.8. The monoisotopic (exact) mass is 291 g/mol. The summed E-state index contributed by atoms with van der Waals surface area (Å²) in [5.41, 5.74) is 1.75. The third kappa shape index (κ3) is 2.72. The molecule has 110 valence electrons. The number of rotatable bonds is 3. The molecule has 20 heavy (non-hydrogen) atoms. The van der Waals surface area contributed by atoms with E-state index >= 15 is 0 Å². The average Bonchev–Trinajstić information content (AvgIpc) is 2.56. The van der Waals surface area contributed by atoms with Gasteiger partial charge in [0.2, 0.25) is 0 Å². The van der Waals surface area contributed by atoms with Crippen LogP contribution in [0.15, 0.2) is 24.4 Å². The highest BCUT2D eigenvalue weighted by molar-refractivity contribution is 7.72. The summed E-state index contributed by atoms with van der Waals surface area (Å²) in [4.78, 5) is 4.54. The normalized spacial score (nSPS) is 22.8. The Morgan fingerprint density at radius 1 is 0.850 bits per heavy atom. The zero-order valence-corrected chi connectivity index (χ0v) is 13.2. The Hall–Kier alpha value is -0.620. The second kappa shape index (κ2) is 6.43. The minimum atomic E-state index is -2.33. The third-order valence-corrected chi connectivity index (χ3v) is 9.43. The molecule has 2 saturated carbocycles. The first kappa shape index (κ1) is 14.3. The fraction of sp³-hybridized carbons (Fsp3) is 0.706. The average molecular weight is 291 g/mol. The van der Waals surface area contributed by atoms with Crippen LogP contribution in [0, 0.1) is 0 Å². The Morgan fingerprint density at radius 2 is 1.40 bits per heavy atom. The summed E-state index contributed by atoms with van der Waals surface area (Å²) < 4.78 is 14.1. The molecule has 1 aromatic rings. The lowest BCUT2D eigenvalue weighted by atomic mass is 9.99. The quantitative estimate of drug-likeness (QED) is 0.753. The van der Waals surface area contributed by atoms with E-state index in [9.17, 15) is 4.57 Å². The standard InChI is InChI=1S/C17H26NOP/c19-20(15-9-3-1-4-10-15,16-11-5-2-6-12-16)17-13-7-8-14-18-17/h7-8,13-16H,1-6,9-12H2. The van der Waals surface area contributed by atoms with Crippen LogP contribution in [0.4, 0.5) is 0 Å². The molecule has 3 heteroatoms. The molecule has 1 heterocycles. The van der Waals surface area contributed by atoms with Crippen molar-refractivity contribution in [1.82, 2.24) is 4.98 Å². The molecule has 2 fully saturated rings. The number of hydrogen-bond donors (Lipinski definition) is 0. The van der Waals surface area contributed by atoms with Crippen LogP contribution in [-0.2, 0) is 4.57 Å². The van der Waals surface area contributed by atoms with Gasteiger partial charge in [-0.25, -0.2) is 0 Å². The third-order valence-electron chi connectivity index (χ3n) is 5.24. The molecule has 0 N–H and O–H groups in total. The smallest absolute Gasteiger partial charge is 0.138 e. The highest BCUT2D eigenvalue weighted by Gasteiger charge is 2.43. The molecule has 0 radical (unpaired) electrons. The van der Waals surface area contributed by atoms with Crippen LogP contribution in [0.2, 0.25) is 0 Å². The van der Waals surface area contributed by atoms with Crippen LogP contribution < -0.4 is 5.44 Å². The Balaban J connectivity index is 1.95. The lowest BCUT2D eigenvalue weighted by molar-refractivity contribution is 0.452. The van der Waals surface area contributed by atoms with E-state index in [4.69, 9.17) is 0 Å². The van der Waals surface area contributed by atoms with Crippen LogP contribution in [0.1, 0.15) is 64.2 Å². The van der Waals surface area contributed by atoms with Gasteiger partial charge in [-0.2, -0.15) is 0 Å². The Morgan fingerprint density at radius 3 is 1.85 bits per heavy atom. The van der Waals surface area contributed by atoms with Crippen molar-refractivity contribution in [2.45, 2.75) is 75.5 Å². The molecule has 0 spiro atoms. The van der Waals surface area contributed by atoms with Gasteiger partial charge in [0.25, 0.3) is 0 Å². The lowest BCUT2D eigenvalue weighted by Crippen LogP contribution is -2.30. The van der Waals surface area contributed by atoms with Crippen LogP contribution in [0.25, 0.3) is 0 Å². The first-order valence-corrected chi connectivity index (χ1v) is 10.2. The van der Waals surface area contributed by atoms with Crippen molar-refractivity contribution in [2.24, 2.45) is 0 Å². The molecule has 0 bridgehead atoms. The van der Waals surface area contributed by atoms with E-state index in [1.54, 1.807) is 0 Å². The minimum absolute atomic E-state index is 0.411. The van der Waals surface area contributed by atoms with E-state index in [0.29, 0.717) is 11.3 Å². The summed E-state index contributed by atoms with van der Waals surface area (Å²) in [5.74, 6) is 0. The summed E-state index contributed by atoms with van der Waals surface area (Å²) in [6.07, 6.45) is 14.1. The van der Waals surface area contributed by atoms with Gasteiger partial charge in [0.1, 0.15) is 12.6 Å². The van der Waals surface area contributed by atoms with Gasteiger partial charge in [0.05, 0.1) is 0 Å². The van der Waals surface area contributed by atoms with Gasteiger partial charge < -0.3 is 4.57 Å². The molecule has 0 unspecified atom stereocenters. The molecule has 3 rings (SSSR count). The molecule has 0 aliphatic heterocycles. The molecule has 2 nitrogen and oxygen atoms in total. The van der Waals surface area contributed by atoms with Crippen molar-refractivity contribution in [3.63, 3.8) is 0 Å². The predicted molar refractivity (Wildman–Crippen MR) is 85.2 cm³/mol. The highest BCUT2D eigenvalue weighted by atomic mass is 31.2. The minimum Gasteiger partial charge on any atom is -0.316 e. The Labute approximate surface area is 122 Å². The molecule has 0 aromatic carbocycles. The van der Waals surface area contributed by atoms with Gasteiger partial charge in [-0.15, -0.1) is 0 Å². The fourth-order valence-electron chi connectivity index (χ4n) is 4.16. The molecule has 2 aliphatic carbocycles. The van der Waals surface area contributed by atoms with Crippen LogP contribution >= 0.6 is 7.14 Å². The van der Waals surface area contributed by atoms with E-state index in [-0.39, 0.29) is 0 Å². The van der Waals surface area contributed by atoms with E-state index < -0.39 is 7.14 Å². The van der Waals surface area contributed by atoms with E-state index in [0.717, 1.165) is 31.1 Å². The van der Waals surface area contributed by atoms with E-state index in [1.165, 1.54) is 38.5 Å². The van der Waals surface area contributed by atoms with Crippen molar-refractivity contribution in [3.8, 4) is 0 Å². The maximum Gasteiger partial charge on any atom is 0.138 e. The molecular weight excluding hydrogens is 265 g/mol. The fourth-order valence-corrected chi connectivity index (χ4v) is 8.34. The van der Waals surface area contributed by atoms with Gasteiger partial charge in [-0.1, -0.05) is 44.6 Å². The van der Waals surface area contributed by atoms with Gasteiger partial charge in [-0.3, -0.25) is 4.98 Å². The number of hydrogen-bond acceptors (Lipinski definition) is 2. The van der Waals surface area contributed by atoms with Gasteiger partial charge >= 0.3 is 0 Å². The summed E-state index contributed by atoms with van der Waals surface area (Å²) in [6, 6.07) is 5.99. The van der Waals surface area contributed by atoms with E-state index in [1.807, 2.05) is 24.4 Å².